The molecule has 0 aliphatic rings. The van der Waals surface area contributed by atoms with Gasteiger partial charge in [-0.15, -0.1) is 4.91 Å². The summed E-state index contributed by atoms with van der Waals surface area (Å²) in [6, 6.07) is 8.04. The maximum Gasteiger partial charge on any atom is 0.116 e. The number of nitrogens with zero attached hydrogens (tertiary/aromatic N) is 1. The molecule has 2 aromatic rings. The fourth-order valence-electron chi connectivity index (χ4n) is 1.53. The molecule has 0 aromatic heterocycles. The highest BCUT2D eigenvalue weighted by Gasteiger charge is 2.05. The van der Waals surface area contributed by atoms with E-state index >= 15 is 0 Å². The number of phenols is 1. The van der Waals surface area contributed by atoms with Gasteiger partial charge in [-0.25, -0.2) is 0 Å². The highest BCUT2D eigenvalue weighted by Crippen LogP contribution is 2.28. The first-order chi connectivity index (χ1) is 7.24. The third-order valence-electron chi connectivity index (χ3n) is 2.29. The van der Waals surface area contributed by atoms with E-state index < -0.39 is 0 Å². The molecule has 0 spiro atoms. The van der Waals surface area contributed by atoms with Gasteiger partial charge in [-0.2, -0.15) is 0 Å². The van der Waals surface area contributed by atoms with Gasteiger partial charge in [-0.05, 0) is 40.2 Å². The minimum atomic E-state index is -0.243. The van der Waals surface area contributed by atoms with Crippen LogP contribution >= 0.6 is 0 Å². The normalized spacial score (nSPS) is 10.5. The number of aliphatic hydroxyl groups is 1. The van der Waals surface area contributed by atoms with Crippen molar-refractivity contribution >= 4 is 16.5 Å². The van der Waals surface area contributed by atoms with Crippen LogP contribution in [0.2, 0.25) is 0 Å². The molecule has 0 heterocycles. The van der Waals surface area contributed by atoms with Crippen LogP contribution in [-0.2, 0) is 6.61 Å². The van der Waals surface area contributed by atoms with E-state index in [1.807, 2.05) is 0 Å². The second-order valence-electron chi connectivity index (χ2n) is 3.26. The minimum Gasteiger partial charge on any atom is -0.508 e. The van der Waals surface area contributed by atoms with E-state index in [1.165, 1.54) is 6.07 Å². The van der Waals surface area contributed by atoms with E-state index in [9.17, 15) is 10.0 Å². The first-order valence-corrected chi connectivity index (χ1v) is 4.44. The van der Waals surface area contributed by atoms with Crippen LogP contribution in [0.15, 0.2) is 35.5 Å². The Morgan fingerprint density at radius 1 is 1.13 bits per heavy atom. The molecule has 4 nitrogen and oxygen atoms in total. The molecule has 0 aliphatic carbocycles. The molecule has 15 heavy (non-hydrogen) atoms. The van der Waals surface area contributed by atoms with Crippen LogP contribution in [0.3, 0.4) is 0 Å². The van der Waals surface area contributed by atoms with Gasteiger partial charge in [0.2, 0.25) is 0 Å². The Morgan fingerprint density at radius 3 is 2.60 bits per heavy atom. The average molecular weight is 203 g/mol. The molecule has 2 aromatic carbocycles. The zero-order chi connectivity index (χ0) is 10.8. The number of aromatic hydroxyl groups is 1. The smallest absolute Gasteiger partial charge is 0.116 e. The Morgan fingerprint density at radius 2 is 1.93 bits per heavy atom. The average Bonchev–Trinajstić information content (AvgIpc) is 2.27. The van der Waals surface area contributed by atoms with Crippen molar-refractivity contribution < 1.29 is 10.2 Å². The SMILES string of the molecule is O=Nc1cc2ccc(O)cc2cc1CO. The quantitative estimate of drug-likeness (QED) is 0.736. The van der Waals surface area contributed by atoms with E-state index in [1.54, 1.807) is 24.3 Å². The monoisotopic (exact) mass is 203 g/mol. The van der Waals surface area contributed by atoms with Gasteiger partial charge in [-0.3, -0.25) is 0 Å². The minimum absolute atomic E-state index is 0.151. The number of rotatable bonds is 2. The predicted octanol–water partition coefficient (Wildman–Crippen LogP) is 2.44. The molecular weight excluding hydrogens is 194 g/mol. The predicted molar refractivity (Wildman–Crippen MR) is 57.0 cm³/mol. The number of aliphatic hydroxyl groups excluding tert-OH is 1. The highest BCUT2D eigenvalue weighted by atomic mass is 16.3. The van der Waals surface area contributed by atoms with E-state index in [2.05, 4.69) is 5.18 Å². The second kappa shape index (κ2) is 3.67. The van der Waals surface area contributed by atoms with Crippen molar-refractivity contribution in [3.05, 3.63) is 40.8 Å². The lowest BCUT2D eigenvalue weighted by atomic mass is 10.1. The third kappa shape index (κ3) is 1.67. The van der Waals surface area contributed by atoms with Gasteiger partial charge < -0.3 is 10.2 Å². The van der Waals surface area contributed by atoms with Crippen LogP contribution in [0.1, 0.15) is 5.56 Å². The molecular formula is C11H9NO3. The van der Waals surface area contributed by atoms with Crippen LogP contribution in [0.25, 0.3) is 10.8 Å². The van der Waals surface area contributed by atoms with Crippen molar-refractivity contribution in [2.45, 2.75) is 6.61 Å². The van der Waals surface area contributed by atoms with Crippen molar-refractivity contribution in [3.63, 3.8) is 0 Å². The van der Waals surface area contributed by atoms with Gasteiger partial charge >= 0.3 is 0 Å². The number of nitroso groups, excluding NO2 is 1. The van der Waals surface area contributed by atoms with Crippen LogP contribution in [0.4, 0.5) is 5.69 Å². The maximum absolute atomic E-state index is 10.5. The molecule has 0 fully saturated rings. The third-order valence-corrected chi connectivity index (χ3v) is 2.29. The van der Waals surface area contributed by atoms with Crippen molar-refractivity contribution in [1.29, 1.82) is 0 Å². The van der Waals surface area contributed by atoms with E-state index in [-0.39, 0.29) is 18.0 Å². The summed E-state index contributed by atoms with van der Waals surface area (Å²) in [6.45, 7) is -0.243. The number of hydrogen-bond donors (Lipinski definition) is 2. The molecule has 2 rings (SSSR count). The van der Waals surface area contributed by atoms with Gasteiger partial charge in [0.05, 0.1) is 6.61 Å². The second-order valence-corrected chi connectivity index (χ2v) is 3.26. The zero-order valence-corrected chi connectivity index (χ0v) is 7.84. The fraction of sp³-hybridized carbons (Fsp3) is 0.0909. The van der Waals surface area contributed by atoms with Gasteiger partial charge in [0.25, 0.3) is 0 Å². The standard InChI is InChI=1S/C11H9NO3/c13-6-9-3-8-4-10(14)2-1-7(8)5-11(9)12-15/h1-5,13-14H,6H2. The van der Waals surface area contributed by atoms with Crippen molar-refractivity contribution in [2.24, 2.45) is 5.18 Å². The molecule has 76 valence electrons. The molecule has 0 atom stereocenters. The fourth-order valence-corrected chi connectivity index (χ4v) is 1.53. The van der Waals surface area contributed by atoms with Gasteiger partial charge in [0, 0.05) is 5.56 Å². The maximum atomic E-state index is 10.5. The summed E-state index contributed by atoms with van der Waals surface area (Å²) in [5.74, 6) is 0.151. The van der Waals surface area contributed by atoms with E-state index in [0.29, 0.717) is 5.56 Å². The molecule has 0 saturated carbocycles. The van der Waals surface area contributed by atoms with E-state index in [0.717, 1.165) is 10.8 Å². The molecule has 0 bridgehead atoms. The first-order valence-electron chi connectivity index (χ1n) is 4.44. The Bertz CT molecular complexity index is 522. The molecule has 0 saturated heterocycles. The van der Waals surface area contributed by atoms with Gasteiger partial charge in [0.1, 0.15) is 11.4 Å². The summed E-state index contributed by atoms with van der Waals surface area (Å²) < 4.78 is 0. The Kier molecular flexibility index (Phi) is 2.35. The summed E-state index contributed by atoms with van der Waals surface area (Å²) in [7, 11) is 0. The van der Waals surface area contributed by atoms with Crippen LogP contribution in [-0.4, -0.2) is 10.2 Å². The highest BCUT2D eigenvalue weighted by molar-refractivity contribution is 5.87. The molecule has 0 unspecified atom stereocenters. The van der Waals surface area contributed by atoms with Crippen molar-refractivity contribution in [2.75, 3.05) is 0 Å². The Balaban J connectivity index is 2.75. The number of fused-ring (bicyclic) bond motifs is 1. The number of hydrogen-bond acceptors (Lipinski definition) is 4. The summed E-state index contributed by atoms with van der Waals surface area (Å²) in [6.07, 6.45) is 0. The topological polar surface area (TPSA) is 69.9 Å². The van der Waals surface area contributed by atoms with Gasteiger partial charge in [-0.1, -0.05) is 6.07 Å². The molecule has 0 amide bonds. The Hall–Kier alpha value is -1.94. The van der Waals surface area contributed by atoms with E-state index in [4.69, 9.17) is 5.11 Å². The lowest BCUT2D eigenvalue weighted by molar-refractivity contribution is 0.282. The molecule has 4 heteroatoms. The van der Waals surface area contributed by atoms with Crippen LogP contribution < -0.4 is 0 Å². The largest absolute Gasteiger partial charge is 0.508 e. The number of benzene rings is 2. The molecule has 2 N–H and O–H groups in total. The van der Waals surface area contributed by atoms with Crippen LogP contribution in [0.5, 0.6) is 5.75 Å². The molecule has 0 radical (unpaired) electrons. The molecule has 0 aliphatic heterocycles. The number of phenolic OH excluding ortho intramolecular Hbond substituents is 1. The van der Waals surface area contributed by atoms with Crippen LogP contribution in [0, 0.1) is 4.91 Å². The summed E-state index contributed by atoms with van der Waals surface area (Å²) in [4.78, 5) is 10.5. The lowest BCUT2D eigenvalue weighted by Gasteiger charge is -2.03. The van der Waals surface area contributed by atoms with Crippen molar-refractivity contribution in [3.8, 4) is 5.75 Å². The first kappa shape index (κ1) is 9.61. The summed E-state index contributed by atoms with van der Waals surface area (Å²) in [5.41, 5.74) is 0.693. The van der Waals surface area contributed by atoms with Gasteiger partial charge in [0.15, 0.2) is 0 Å². The lowest BCUT2D eigenvalue weighted by Crippen LogP contribution is -1.84. The summed E-state index contributed by atoms with van der Waals surface area (Å²) >= 11 is 0. The Labute approximate surface area is 85.8 Å². The zero-order valence-electron chi connectivity index (χ0n) is 7.84. The summed E-state index contributed by atoms with van der Waals surface area (Å²) in [5, 5.41) is 22.7. The van der Waals surface area contributed by atoms with Crippen molar-refractivity contribution in [1.82, 2.24) is 0 Å².